The molecule has 102 valence electrons. The van der Waals surface area contributed by atoms with Gasteiger partial charge < -0.3 is 14.6 Å². The van der Waals surface area contributed by atoms with Crippen LogP contribution in [-0.2, 0) is 0 Å². The highest BCUT2D eigenvalue weighted by Crippen LogP contribution is 2.35. The van der Waals surface area contributed by atoms with E-state index in [1.54, 1.807) is 7.11 Å². The molecule has 2 rings (SSSR count). The van der Waals surface area contributed by atoms with Gasteiger partial charge in [-0.25, -0.2) is 0 Å². The molecule has 1 atom stereocenters. The van der Waals surface area contributed by atoms with E-state index >= 15 is 0 Å². The summed E-state index contributed by atoms with van der Waals surface area (Å²) in [5.41, 5.74) is 0.813. The summed E-state index contributed by atoms with van der Waals surface area (Å²) in [7, 11) is 1.62. The fraction of sp³-hybridized carbons (Fsp3) is 0.286. The van der Waals surface area contributed by atoms with Crippen molar-refractivity contribution in [1.29, 1.82) is 0 Å². The van der Waals surface area contributed by atoms with Crippen molar-refractivity contribution < 1.29 is 14.6 Å². The maximum atomic E-state index is 10.4. The molecule has 0 fully saturated rings. The maximum Gasteiger partial charge on any atom is 0.129 e. The van der Waals surface area contributed by atoms with Gasteiger partial charge in [0, 0.05) is 20.3 Å². The average Bonchev–Trinajstić information content (AvgIpc) is 2.87. The number of benzene rings is 1. The number of hydrogen-bond acceptors (Lipinski definition) is 4. The molecule has 1 unspecified atom stereocenters. The molecule has 0 aliphatic carbocycles. The Bertz CT molecular complexity index is 553. The topological polar surface area (TPSA) is 38.7 Å². The summed E-state index contributed by atoms with van der Waals surface area (Å²) in [5.74, 6) is 1.55. The van der Waals surface area contributed by atoms with Gasteiger partial charge in [0.05, 0.1) is 13.7 Å². The lowest BCUT2D eigenvalue weighted by atomic mass is 10.1. The van der Waals surface area contributed by atoms with E-state index in [-0.39, 0.29) is 0 Å². The Kier molecular flexibility index (Phi) is 4.85. The molecule has 0 radical (unpaired) electrons. The second kappa shape index (κ2) is 6.41. The van der Waals surface area contributed by atoms with Crippen molar-refractivity contribution in [2.45, 2.75) is 13.0 Å². The van der Waals surface area contributed by atoms with Crippen molar-refractivity contribution in [3.63, 3.8) is 0 Å². The molecular weight excluding hydrogens is 328 g/mol. The van der Waals surface area contributed by atoms with Crippen LogP contribution in [0, 0.1) is 0 Å². The van der Waals surface area contributed by atoms with Crippen LogP contribution in [0.3, 0.4) is 0 Å². The Morgan fingerprint density at radius 3 is 2.68 bits per heavy atom. The SMILES string of the molecule is CCOc1ccc(C(O)c2cc(OC)cs2)c(Br)c1. The predicted octanol–water partition coefficient (Wildman–Crippen LogP) is 4.00. The maximum absolute atomic E-state index is 10.4. The number of thiophene rings is 1. The van der Waals surface area contributed by atoms with Crippen LogP contribution in [0.2, 0.25) is 0 Å². The summed E-state index contributed by atoms with van der Waals surface area (Å²) < 4.78 is 11.4. The third-order valence-corrected chi connectivity index (χ3v) is 4.33. The zero-order valence-corrected chi connectivity index (χ0v) is 13.1. The molecular formula is C14H15BrO3S. The van der Waals surface area contributed by atoms with Crippen LogP contribution in [0.4, 0.5) is 0 Å². The lowest BCUT2D eigenvalue weighted by Crippen LogP contribution is -1.99. The highest BCUT2D eigenvalue weighted by Gasteiger charge is 2.16. The first kappa shape index (κ1) is 14.4. The van der Waals surface area contributed by atoms with Gasteiger partial charge in [0.2, 0.25) is 0 Å². The second-order valence-corrected chi connectivity index (χ2v) is 5.70. The fourth-order valence-corrected chi connectivity index (χ4v) is 3.16. The second-order valence-electron chi connectivity index (χ2n) is 3.91. The molecule has 2 aromatic rings. The van der Waals surface area contributed by atoms with Gasteiger partial charge in [-0.2, -0.15) is 0 Å². The summed E-state index contributed by atoms with van der Waals surface area (Å²) >= 11 is 4.95. The van der Waals surface area contributed by atoms with Crippen LogP contribution in [0.15, 0.2) is 34.1 Å². The third kappa shape index (κ3) is 3.29. The quantitative estimate of drug-likeness (QED) is 0.892. The van der Waals surface area contributed by atoms with Crippen molar-refractivity contribution in [2.24, 2.45) is 0 Å². The molecule has 5 heteroatoms. The standard InChI is InChI=1S/C14H15BrO3S/c1-3-18-9-4-5-11(12(15)6-9)14(16)13-7-10(17-2)8-19-13/h4-8,14,16H,3H2,1-2H3. The molecule has 0 aliphatic heterocycles. The number of methoxy groups -OCH3 is 1. The van der Waals surface area contributed by atoms with E-state index in [2.05, 4.69) is 15.9 Å². The van der Waals surface area contributed by atoms with E-state index in [9.17, 15) is 5.11 Å². The van der Waals surface area contributed by atoms with Gasteiger partial charge >= 0.3 is 0 Å². The number of ether oxygens (including phenoxy) is 2. The van der Waals surface area contributed by atoms with Crippen LogP contribution < -0.4 is 9.47 Å². The van der Waals surface area contributed by atoms with Gasteiger partial charge in [-0.15, -0.1) is 11.3 Å². The lowest BCUT2D eigenvalue weighted by Gasteiger charge is -2.12. The van der Waals surface area contributed by atoms with E-state index in [1.807, 2.05) is 36.6 Å². The normalized spacial score (nSPS) is 12.2. The lowest BCUT2D eigenvalue weighted by molar-refractivity contribution is 0.223. The van der Waals surface area contributed by atoms with Crippen molar-refractivity contribution in [3.8, 4) is 11.5 Å². The number of aliphatic hydroxyl groups is 1. The van der Waals surface area contributed by atoms with Crippen molar-refractivity contribution >= 4 is 27.3 Å². The molecule has 1 aromatic carbocycles. The molecule has 0 spiro atoms. The van der Waals surface area contributed by atoms with Crippen LogP contribution in [0.25, 0.3) is 0 Å². The molecule has 1 N–H and O–H groups in total. The van der Waals surface area contributed by atoms with Crippen molar-refractivity contribution in [1.82, 2.24) is 0 Å². The van der Waals surface area contributed by atoms with Gasteiger partial charge in [-0.05, 0) is 25.1 Å². The summed E-state index contributed by atoms with van der Waals surface area (Å²) in [6.07, 6.45) is -0.668. The molecule has 0 amide bonds. The third-order valence-electron chi connectivity index (χ3n) is 2.68. The minimum Gasteiger partial charge on any atom is -0.496 e. The summed E-state index contributed by atoms with van der Waals surface area (Å²) in [6, 6.07) is 7.44. The Morgan fingerprint density at radius 2 is 2.11 bits per heavy atom. The Morgan fingerprint density at radius 1 is 1.32 bits per heavy atom. The Labute approximate surface area is 124 Å². The molecule has 0 saturated carbocycles. The molecule has 0 aliphatic rings. The zero-order valence-electron chi connectivity index (χ0n) is 10.7. The molecule has 3 nitrogen and oxygen atoms in total. The van der Waals surface area contributed by atoms with Crippen LogP contribution >= 0.6 is 27.3 Å². The van der Waals surface area contributed by atoms with E-state index in [0.29, 0.717) is 6.61 Å². The zero-order chi connectivity index (χ0) is 13.8. The molecule has 0 bridgehead atoms. The molecule has 1 aromatic heterocycles. The van der Waals surface area contributed by atoms with Gasteiger partial charge in [0.1, 0.15) is 17.6 Å². The minimum atomic E-state index is -0.668. The van der Waals surface area contributed by atoms with Gasteiger partial charge in [0.25, 0.3) is 0 Å². The number of aliphatic hydroxyl groups excluding tert-OH is 1. The fourth-order valence-electron chi connectivity index (χ4n) is 1.72. The van der Waals surface area contributed by atoms with E-state index in [0.717, 1.165) is 26.4 Å². The summed E-state index contributed by atoms with van der Waals surface area (Å²) in [4.78, 5) is 0.849. The highest BCUT2D eigenvalue weighted by molar-refractivity contribution is 9.10. The summed E-state index contributed by atoms with van der Waals surface area (Å²) in [6.45, 7) is 2.56. The Hall–Kier alpha value is -1.04. The summed E-state index contributed by atoms with van der Waals surface area (Å²) in [5, 5.41) is 12.3. The van der Waals surface area contributed by atoms with E-state index in [1.165, 1.54) is 11.3 Å². The highest BCUT2D eigenvalue weighted by atomic mass is 79.9. The number of hydrogen-bond donors (Lipinski definition) is 1. The van der Waals surface area contributed by atoms with Gasteiger partial charge in [-0.1, -0.05) is 22.0 Å². The predicted molar refractivity (Wildman–Crippen MR) is 80.2 cm³/mol. The average molecular weight is 343 g/mol. The van der Waals surface area contributed by atoms with Crippen LogP contribution in [0.5, 0.6) is 11.5 Å². The van der Waals surface area contributed by atoms with Crippen molar-refractivity contribution in [2.75, 3.05) is 13.7 Å². The smallest absolute Gasteiger partial charge is 0.129 e. The molecule has 19 heavy (non-hydrogen) atoms. The minimum absolute atomic E-state index is 0.621. The van der Waals surface area contributed by atoms with Crippen LogP contribution in [-0.4, -0.2) is 18.8 Å². The molecule has 0 saturated heterocycles. The Balaban J connectivity index is 2.25. The number of halogens is 1. The first-order valence-electron chi connectivity index (χ1n) is 5.88. The van der Waals surface area contributed by atoms with Gasteiger partial charge in [0.15, 0.2) is 0 Å². The van der Waals surface area contributed by atoms with Gasteiger partial charge in [-0.3, -0.25) is 0 Å². The van der Waals surface area contributed by atoms with Crippen LogP contribution in [0.1, 0.15) is 23.5 Å². The number of rotatable bonds is 5. The monoisotopic (exact) mass is 342 g/mol. The first-order valence-corrected chi connectivity index (χ1v) is 7.55. The first-order chi connectivity index (χ1) is 9.15. The van der Waals surface area contributed by atoms with Crippen molar-refractivity contribution in [3.05, 3.63) is 44.6 Å². The van der Waals surface area contributed by atoms with E-state index < -0.39 is 6.10 Å². The largest absolute Gasteiger partial charge is 0.496 e. The van der Waals surface area contributed by atoms with E-state index in [4.69, 9.17) is 9.47 Å². The molecule has 1 heterocycles.